The van der Waals surface area contributed by atoms with Crippen LogP contribution in [0.25, 0.3) is 0 Å². The molecule has 0 rings (SSSR count). The van der Waals surface area contributed by atoms with Crippen LogP contribution in [0.4, 0.5) is 0 Å². The highest BCUT2D eigenvalue weighted by Gasteiger charge is 2.30. The number of phosphoric ester groups is 2. The van der Waals surface area contributed by atoms with E-state index in [1.165, 1.54) is 270 Å². The first-order valence-corrected chi connectivity index (χ1v) is 45.3. The molecule has 0 spiro atoms. The number of unbranched alkanes of at least 4 members (excludes halogenated alkanes) is 56. The van der Waals surface area contributed by atoms with Gasteiger partial charge in [-0.2, -0.15) is 0 Å². The molecule has 0 aliphatic heterocycles. The molecule has 3 N–H and O–H groups in total. The average Bonchev–Trinajstić information content (AvgIpc) is 0.947. The minimum Gasteiger partial charge on any atom is -0.462 e. The van der Waals surface area contributed by atoms with Gasteiger partial charge in [0.2, 0.25) is 0 Å². The van der Waals surface area contributed by atoms with Crippen LogP contribution in [0.3, 0.4) is 0 Å². The highest BCUT2D eigenvalue weighted by Crippen LogP contribution is 2.45. The molecule has 0 aliphatic rings. The summed E-state index contributed by atoms with van der Waals surface area (Å²) in [6, 6.07) is 0. The SMILES string of the molecule is CCCCCCCCCCCCCCCCCCCCC(=O)OC[C@H](COP(=O)(O)OC[C@@H](O)COP(=O)(O)OC[C@@H](COC(=O)CCCCCCCCCC)OC(=O)CCCCCCCCCCCCCCCCCC)OC(=O)CCCCCCCCCCCCCCCCCCCC. The number of esters is 4. The van der Waals surface area contributed by atoms with Gasteiger partial charge >= 0.3 is 39.5 Å². The van der Waals surface area contributed by atoms with E-state index < -0.39 is 97.5 Å². The van der Waals surface area contributed by atoms with Crippen molar-refractivity contribution < 1.29 is 80.2 Å². The zero-order chi connectivity index (χ0) is 73.2. The lowest BCUT2D eigenvalue weighted by atomic mass is 10.0. The van der Waals surface area contributed by atoms with Gasteiger partial charge in [-0.25, -0.2) is 9.13 Å². The summed E-state index contributed by atoms with van der Waals surface area (Å²) in [5.41, 5.74) is 0. The van der Waals surface area contributed by atoms with Crippen LogP contribution in [-0.2, 0) is 65.4 Å². The zero-order valence-electron chi connectivity index (χ0n) is 65.2. The van der Waals surface area contributed by atoms with Gasteiger partial charge < -0.3 is 33.8 Å². The van der Waals surface area contributed by atoms with E-state index in [1.807, 2.05) is 0 Å². The highest BCUT2D eigenvalue weighted by molar-refractivity contribution is 7.47. The molecule has 19 heteroatoms. The molecule has 0 saturated heterocycles. The van der Waals surface area contributed by atoms with Gasteiger partial charge in [0.1, 0.15) is 19.3 Å². The summed E-state index contributed by atoms with van der Waals surface area (Å²) in [5, 5.41) is 10.6. The summed E-state index contributed by atoms with van der Waals surface area (Å²) in [6.07, 6.45) is 68.0. The second-order valence-corrected chi connectivity index (χ2v) is 32.1. The fourth-order valence-corrected chi connectivity index (χ4v) is 14.2. The van der Waals surface area contributed by atoms with Crippen LogP contribution in [0.1, 0.15) is 439 Å². The Bertz CT molecular complexity index is 1890. The third kappa shape index (κ3) is 74.3. The van der Waals surface area contributed by atoms with Crippen molar-refractivity contribution in [3.8, 4) is 0 Å². The van der Waals surface area contributed by atoms with Gasteiger partial charge in [-0.15, -0.1) is 0 Å². The molecule has 0 radical (unpaired) electrons. The van der Waals surface area contributed by atoms with Crippen molar-refractivity contribution in [3.05, 3.63) is 0 Å². The number of aliphatic hydroxyl groups excluding tert-OH is 1. The Balaban J connectivity index is 5.20. The molecule has 0 saturated carbocycles. The fourth-order valence-electron chi connectivity index (χ4n) is 12.6. The molecule has 0 fully saturated rings. The number of hydrogen-bond acceptors (Lipinski definition) is 15. The first kappa shape index (κ1) is 98.1. The highest BCUT2D eigenvalue weighted by atomic mass is 31.2. The predicted octanol–water partition coefficient (Wildman–Crippen LogP) is 24.6. The van der Waals surface area contributed by atoms with E-state index in [-0.39, 0.29) is 25.7 Å². The summed E-state index contributed by atoms with van der Waals surface area (Å²) < 4.78 is 68.7. The van der Waals surface area contributed by atoms with Crippen molar-refractivity contribution in [2.24, 2.45) is 0 Å². The molecule has 5 atom stereocenters. The Labute approximate surface area is 613 Å². The van der Waals surface area contributed by atoms with Crippen LogP contribution in [0, 0.1) is 0 Å². The second kappa shape index (κ2) is 75.3. The molecule has 0 bridgehead atoms. The molecule has 0 aromatic heterocycles. The average molecular weight is 1470 g/mol. The smallest absolute Gasteiger partial charge is 0.462 e. The third-order valence-corrected chi connectivity index (χ3v) is 21.0. The maximum Gasteiger partial charge on any atom is 0.472 e. The van der Waals surface area contributed by atoms with Crippen LogP contribution in [-0.4, -0.2) is 96.7 Å². The van der Waals surface area contributed by atoms with Crippen molar-refractivity contribution in [2.45, 2.75) is 457 Å². The minimum absolute atomic E-state index is 0.109. The van der Waals surface area contributed by atoms with Crippen LogP contribution in [0.2, 0.25) is 0 Å². The third-order valence-electron chi connectivity index (χ3n) is 19.1. The molecule has 0 aliphatic carbocycles. The number of ether oxygens (including phenoxy) is 4. The number of carbonyl (C=O) groups excluding carboxylic acids is 4. The monoisotopic (exact) mass is 1470 g/mol. The van der Waals surface area contributed by atoms with Crippen molar-refractivity contribution in [1.29, 1.82) is 0 Å². The molecular formula is C81H158O17P2. The second-order valence-electron chi connectivity index (χ2n) is 29.2. The van der Waals surface area contributed by atoms with E-state index in [1.54, 1.807) is 0 Å². The van der Waals surface area contributed by atoms with E-state index >= 15 is 0 Å². The van der Waals surface area contributed by atoms with Crippen LogP contribution in [0.5, 0.6) is 0 Å². The van der Waals surface area contributed by atoms with Gasteiger partial charge in [0.15, 0.2) is 12.2 Å². The lowest BCUT2D eigenvalue weighted by molar-refractivity contribution is -0.161. The molecule has 2 unspecified atom stereocenters. The first-order chi connectivity index (χ1) is 48.7. The molecule has 0 heterocycles. The van der Waals surface area contributed by atoms with Gasteiger partial charge in [0, 0.05) is 25.7 Å². The van der Waals surface area contributed by atoms with Crippen molar-refractivity contribution in [2.75, 3.05) is 39.6 Å². The zero-order valence-corrected chi connectivity index (χ0v) is 67.0. The van der Waals surface area contributed by atoms with Gasteiger partial charge in [-0.05, 0) is 25.7 Å². The Hall–Kier alpha value is -1.94. The molecule has 100 heavy (non-hydrogen) atoms. The Morgan fingerprint density at radius 2 is 0.400 bits per heavy atom. The summed E-state index contributed by atoms with van der Waals surface area (Å²) in [5.74, 6) is -2.11. The van der Waals surface area contributed by atoms with Crippen LogP contribution >= 0.6 is 15.6 Å². The quantitative estimate of drug-likeness (QED) is 0.0222. The molecular weight excluding hydrogens is 1310 g/mol. The summed E-state index contributed by atoms with van der Waals surface area (Å²) in [6.45, 7) is 5.01. The van der Waals surface area contributed by atoms with E-state index in [0.29, 0.717) is 25.7 Å². The minimum atomic E-state index is -4.96. The summed E-state index contributed by atoms with van der Waals surface area (Å²) in [7, 11) is -9.91. The molecule has 0 aromatic rings. The van der Waals surface area contributed by atoms with E-state index in [0.717, 1.165) is 89.9 Å². The van der Waals surface area contributed by atoms with E-state index in [4.69, 9.17) is 37.0 Å². The Morgan fingerprint density at radius 3 is 0.590 bits per heavy atom. The topological polar surface area (TPSA) is 237 Å². The van der Waals surface area contributed by atoms with E-state index in [2.05, 4.69) is 27.7 Å². The van der Waals surface area contributed by atoms with Gasteiger partial charge in [-0.1, -0.05) is 387 Å². The summed E-state index contributed by atoms with van der Waals surface area (Å²) in [4.78, 5) is 72.9. The van der Waals surface area contributed by atoms with Gasteiger partial charge in [-0.3, -0.25) is 37.3 Å². The number of carbonyl (C=O) groups is 4. The van der Waals surface area contributed by atoms with Crippen molar-refractivity contribution in [3.63, 3.8) is 0 Å². The van der Waals surface area contributed by atoms with Gasteiger partial charge in [0.25, 0.3) is 0 Å². The lowest BCUT2D eigenvalue weighted by Crippen LogP contribution is -2.30. The standard InChI is InChI=1S/C81H158O17P2/c1-5-9-13-17-21-25-28-31-34-37-39-42-44-47-50-54-58-62-66-79(84)92-72-77(98-81(86)68-64-60-56-52-49-46-43-40-38-35-32-29-26-22-18-14-10-6-2)74-96-100(89,90)94-70-75(82)69-93-99(87,88)95-73-76(71-91-78(83)65-61-57-53-24-20-16-12-8-4)97-80(85)67-63-59-55-51-48-45-41-36-33-30-27-23-19-15-11-7-3/h75-77,82H,5-74H2,1-4H3,(H,87,88)(H,89,90)/t75-,76+,77+/m0/s1. The Morgan fingerprint density at radius 1 is 0.240 bits per heavy atom. The van der Waals surface area contributed by atoms with Crippen molar-refractivity contribution >= 4 is 39.5 Å². The Kier molecular flexibility index (Phi) is 73.8. The largest absolute Gasteiger partial charge is 0.472 e. The maximum atomic E-state index is 13.1. The maximum absolute atomic E-state index is 13.1. The molecule has 0 amide bonds. The number of hydrogen-bond donors (Lipinski definition) is 3. The summed E-state index contributed by atoms with van der Waals surface area (Å²) >= 11 is 0. The van der Waals surface area contributed by atoms with E-state index in [9.17, 15) is 43.2 Å². The number of phosphoric acid groups is 2. The van der Waals surface area contributed by atoms with Crippen molar-refractivity contribution in [1.82, 2.24) is 0 Å². The normalized spacial score (nSPS) is 13.8. The first-order valence-electron chi connectivity index (χ1n) is 42.3. The molecule has 0 aromatic carbocycles. The number of rotatable bonds is 82. The van der Waals surface area contributed by atoms with Crippen LogP contribution < -0.4 is 0 Å². The molecule has 17 nitrogen and oxygen atoms in total. The van der Waals surface area contributed by atoms with Gasteiger partial charge in [0.05, 0.1) is 26.4 Å². The number of aliphatic hydroxyl groups is 1. The lowest BCUT2D eigenvalue weighted by Gasteiger charge is -2.21. The fraction of sp³-hybridized carbons (Fsp3) is 0.951. The predicted molar refractivity (Wildman–Crippen MR) is 409 cm³/mol. The molecule has 594 valence electrons. The van der Waals surface area contributed by atoms with Crippen LogP contribution in [0.15, 0.2) is 0 Å².